The minimum atomic E-state index is -0.582. The topological polar surface area (TPSA) is 72.6 Å². The Morgan fingerprint density at radius 1 is 1.18 bits per heavy atom. The molecule has 0 N–H and O–H groups in total. The van der Waals surface area contributed by atoms with Crippen LogP contribution in [-0.4, -0.2) is 28.9 Å². The van der Waals surface area contributed by atoms with Crippen LogP contribution in [0.25, 0.3) is 0 Å². The molecular weight excluding hydrogens is 424 g/mol. The molecule has 1 amide bonds. The summed E-state index contributed by atoms with van der Waals surface area (Å²) in [6.45, 7) is 2.07. The van der Waals surface area contributed by atoms with Crippen LogP contribution in [0, 0.1) is 0 Å². The molecule has 2 aromatic heterocycles. The highest BCUT2D eigenvalue weighted by Gasteiger charge is 2.27. The lowest BCUT2D eigenvalue weighted by Gasteiger charge is -2.29. The van der Waals surface area contributed by atoms with Crippen LogP contribution in [0.3, 0.4) is 0 Å². The number of hydrogen-bond acceptors (Lipinski definition) is 5. The zero-order valence-electron chi connectivity index (χ0n) is 15.5. The quantitative estimate of drug-likeness (QED) is 0.520. The molecule has 0 aliphatic heterocycles. The zero-order valence-corrected chi connectivity index (χ0v) is 17.0. The second kappa shape index (κ2) is 8.84. The molecule has 1 atom stereocenters. The number of aromatic nitrogens is 1. The Hall–Kier alpha value is -2.93. The molecule has 0 unspecified atom stereocenters. The summed E-state index contributed by atoms with van der Waals surface area (Å²) in [6.07, 6.45) is 3.10. The number of ether oxygens (including phenoxy) is 1. The van der Waals surface area contributed by atoms with Gasteiger partial charge < -0.3 is 14.1 Å². The molecule has 6 nitrogen and oxygen atoms in total. The zero-order chi connectivity index (χ0) is 20.1. The van der Waals surface area contributed by atoms with Gasteiger partial charge in [-0.15, -0.1) is 0 Å². The molecule has 7 heteroatoms. The summed E-state index contributed by atoms with van der Waals surface area (Å²) in [5, 5.41) is 0. The van der Waals surface area contributed by atoms with Crippen LogP contribution in [0.4, 0.5) is 0 Å². The van der Waals surface area contributed by atoms with Gasteiger partial charge in [-0.05, 0) is 49.4 Å². The molecule has 28 heavy (non-hydrogen) atoms. The molecule has 3 aromatic rings. The Morgan fingerprint density at radius 3 is 2.57 bits per heavy atom. The van der Waals surface area contributed by atoms with Gasteiger partial charge in [-0.2, -0.15) is 0 Å². The Morgan fingerprint density at radius 2 is 1.93 bits per heavy atom. The average Bonchev–Trinajstić information content (AvgIpc) is 3.20. The maximum absolute atomic E-state index is 13.3. The van der Waals surface area contributed by atoms with Crippen molar-refractivity contribution in [2.45, 2.75) is 19.5 Å². The van der Waals surface area contributed by atoms with Crippen LogP contribution in [0.2, 0.25) is 0 Å². The van der Waals surface area contributed by atoms with Gasteiger partial charge in [0.2, 0.25) is 5.76 Å². The number of pyridine rings is 1. The normalized spacial score (nSPS) is 11.7. The number of furan rings is 1. The minimum absolute atomic E-state index is 0.0873. The molecule has 0 bridgehead atoms. The van der Waals surface area contributed by atoms with E-state index in [0.29, 0.717) is 11.1 Å². The van der Waals surface area contributed by atoms with Gasteiger partial charge in [0.05, 0.1) is 31.7 Å². The number of rotatable bonds is 6. The number of amides is 1. The molecule has 144 valence electrons. The van der Waals surface area contributed by atoms with Crippen molar-refractivity contribution >= 4 is 27.8 Å². The maximum Gasteiger partial charge on any atom is 0.374 e. The number of hydrogen-bond donors (Lipinski definition) is 0. The molecule has 0 radical (unpaired) electrons. The summed E-state index contributed by atoms with van der Waals surface area (Å²) in [7, 11) is 1.29. The summed E-state index contributed by atoms with van der Waals surface area (Å²) >= 11 is 3.38. The van der Waals surface area contributed by atoms with Crippen LogP contribution in [0.5, 0.6) is 0 Å². The predicted molar refractivity (Wildman–Crippen MR) is 107 cm³/mol. The Balaban J connectivity index is 1.97. The van der Waals surface area contributed by atoms with Gasteiger partial charge in [0.1, 0.15) is 0 Å². The van der Waals surface area contributed by atoms with Gasteiger partial charge in [-0.3, -0.25) is 9.78 Å². The van der Waals surface area contributed by atoms with Crippen molar-refractivity contribution in [1.29, 1.82) is 0 Å². The first kappa shape index (κ1) is 19.8. The van der Waals surface area contributed by atoms with E-state index < -0.39 is 5.97 Å². The highest BCUT2D eigenvalue weighted by molar-refractivity contribution is 9.10. The van der Waals surface area contributed by atoms with Crippen molar-refractivity contribution in [3.8, 4) is 0 Å². The highest BCUT2D eigenvalue weighted by Crippen LogP contribution is 2.25. The van der Waals surface area contributed by atoms with E-state index in [4.69, 9.17) is 9.15 Å². The van der Waals surface area contributed by atoms with Gasteiger partial charge >= 0.3 is 5.97 Å². The van der Waals surface area contributed by atoms with E-state index in [1.165, 1.54) is 13.4 Å². The van der Waals surface area contributed by atoms with E-state index >= 15 is 0 Å². The smallest absolute Gasteiger partial charge is 0.374 e. The summed E-state index contributed by atoms with van der Waals surface area (Å²) in [6, 6.07) is 14.0. The predicted octanol–water partition coefficient (Wildman–Crippen LogP) is 4.63. The van der Waals surface area contributed by atoms with Crippen LogP contribution in [0.15, 0.2) is 69.9 Å². The number of benzene rings is 1. The number of halogens is 1. The van der Waals surface area contributed by atoms with E-state index in [0.717, 1.165) is 10.2 Å². The van der Waals surface area contributed by atoms with Crippen molar-refractivity contribution < 1.29 is 18.7 Å². The summed E-state index contributed by atoms with van der Waals surface area (Å²) in [5.74, 6) is -0.673. The molecule has 2 heterocycles. The fourth-order valence-corrected chi connectivity index (χ4v) is 3.11. The molecule has 3 rings (SSSR count). The molecule has 0 saturated heterocycles. The largest absolute Gasteiger partial charge is 0.463 e. The van der Waals surface area contributed by atoms with E-state index in [1.54, 1.807) is 29.3 Å². The monoisotopic (exact) mass is 442 g/mol. The Labute approximate surface area is 171 Å². The van der Waals surface area contributed by atoms with Crippen molar-refractivity contribution in [3.05, 3.63) is 88.0 Å². The number of carbonyl (C=O) groups excluding carboxylic acids is 2. The van der Waals surface area contributed by atoms with E-state index in [1.807, 2.05) is 37.3 Å². The first-order chi connectivity index (χ1) is 13.5. The lowest BCUT2D eigenvalue weighted by Crippen LogP contribution is -2.34. The van der Waals surface area contributed by atoms with Crippen LogP contribution >= 0.6 is 15.9 Å². The van der Waals surface area contributed by atoms with Crippen molar-refractivity contribution in [3.63, 3.8) is 0 Å². The van der Waals surface area contributed by atoms with Gasteiger partial charge in [0.15, 0.2) is 0 Å². The molecule has 0 aliphatic carbocycles. The van der Waals surface area contributed by atoms with Crippen molar-refractivity contribution in [1.82, 2.24) is 9.88 Å². The van der Waals surface area contributed by atoms with Crippen molar-refractivity contribution in [2.75, 3.05) is 7.11 Å². The fraction of sp³-hybridized carbons (Fsp3) is 0.190. The van der Waals surface area contributed by atoms with E-state index in [2.05, 4.69) is 20.9 Å². The van der Waals surface area contributed by atoms with Gasteiger partial charge in [-0.1, -0.05) is 22.0 Å². The standard InChI is InChI=1S/C21H19BrN2O4/c1-14(18-5-3-4-11-23-18)24(20(25)15-6-8-17(22)9-7-15)13-16-10-12-28-19(16)21(26)27-2/h3-12,14H,13H2,1-2H3/t14-/m1/s1. The summed E-state index contributed by atoms with van der Waals surface area (Å²) < 4.78 is 10.9. The number of methoxy groups -OCH3 is 1. The Bertz CT molecular complexity index is 954. The van der Waals surface area contributed by atoms with Gasteiger partial charge in [0, 0.05) is 21.8 Å². The second-order valence-electron chi connectivity index (χ2n) is 6.14. The summed E-state index contributed by atoms with van der Waals surface area (Å²) in [4.78, 5) is 31.3. The first-order valence-electron chi connectivity index (χ1n) is 8.63. The molecule has 0 aliphatic rings. The SMILES string of the molecule is COC(=O)c1occc1CN(C(=O)c1ccc(Br)cc1)[C@H](C)c1ccccn1. The minimum Gasteiger partial charge on any atom is -0.463 e. The molecule has 0 spiro atoms. The second-order valence-corrected chi connectivity index (χ2v) is 7.05. The lowest BCUT2D eigenvalue weighted by molar-refractivity contribution is 0.0552. The molecule has 1 aromatic carbocycles. The first-order valence-corrected chi connectivity index (χ1v) is 9.42. The fourth-order valence-electron chi connectivity index (χ4n) is 2.84. The Kier molecular flexibility index (Phi) is 6.26. The van der Waals surface area contributed by atoms with Gasteiger partial charge in [0.25, 0.3) is 5.91 Å². The third-order valence-electron chi connectivity index (χ3n) is 4.39. The van der Waals surface area contributed by atoms with E-state index in [-0.39, 0.29) is 24.3 Å². The van der Waals surface area contributed by atoms with Crippen LogP contribution in [0.1, 0.15) is 45.1 Å². The molecule has 0 saturated carbocycles. The number of esters is 1. The van der Waals surface area contributed by atoms with Crippen LogP contribution in [-0.2, 0) is 11.3 Å². The van der Waals surface area contributed by atoms with Crippen molar-refractivity contribution in [2.24, 2.45) is 0 Å². The number of carbonyl (C=O) groups is 2. The number of nitrogens with zero attached hydrogens (tertiary/aromatic N) is 2. The summed E-state index contributed by atoms with van der Waals surface area (Å²) in [5.41, 5.74) is 1.85. The van der Waals surface area contributed by atoms with Gasteiger partial charge in [-0.25, -0.2) is 4.79 Å². The molecule has 0 fully saturated rings. The lowest BCUT2D eigenvalue weighted by atomic mass is 10.1. The third-order valence-corrected chi connectivity index (χ3v) is 4.92. The van der Waals surface area contributed by atoms with E-state index in [9.17, 15) is 9.59 Å². The van der Waals surface area contributed by atoms with Crippen LogP contribution < -0.4 is 0 Å². The maximum atomic E-state index is 13.3. The average molecular weight is 443 g/mol. The third kappa shape index (κ3) is 4.31. The molecular formula is C21H19BrN2O4. The highest BCUT2D eigenvalue weighted by atomic mass is 79.9.